The van der Waals surface area contributed by atoms with Gasteiger partial charge in [-0.15, -0.1) is 0 Å². The van der Waals surface area contributed by atoms with Crippen LogP contribution in [0.25, 0.3) is 0 Å². The van der Waals surface area contributed by atoms with Crippen molar-refractivity contribution in [2.24, 2.45) is 22.4 Å². The van der Waals surface area contributed by atoms with E-state index in [0.717, 1.165) is 54.9 Å². The normalized spacial score (nSPS) is 24.7. The van der Waals surface area contributed by atoms with Crippen molar-refractivity contribution in [1.82, 2.24) is 14.7 Å². The minimum Gasteiger partial charge on any atom is -0.402 e. The monoisotopic (exact) mass is 478 g/mol. The summed E-state index contributed by atoms with van der Waals surface area (Å²) in [7, 11) is 2.09. The van der Waals surface area contributed by atoms with E-state index in [1.165, 1.54) is 0 Å². The van der Waals surface area contributed by atoms with Gasteiger partial charge >= 0.3 is 0 Å². The molecule has 8 heteroatoms. The number of likely N-dealkylation sites (tertiary alicyclic amines) is 1. The molecule has 4 N–H and O–H groups in total. The molecular formula is C27H38N6O2. The summed E-state index contributed by atoms with van der Waals surface area (Å²) in [4.78, 5) is 36.6. The van der Waals surface area contributed by atoms with Crippen molar-refractivity contribution in [3.8, 4) is 0 Å². The molecule has 188 valence electrons. The molecule has 8 nitrogen and oxygen atoms in total. The molecule has 2 saturated heterocycles. The molecule has 1 aromatic rings. The third-order valence-electron chi connectivity index (χ3n) is 7.81. The van der Waals surface area contributed by atoms with Crippen molar-refractivity contribution in [3.05, 3.63) is 59.4 Å². The Labute approximate surface area is 208 Å². The molecule has 1 aliphatic carbocycles. The predicted molar refractivity (Wildman–Crippen MR) is 139 cm³/mol. The smallest absolute Gasteiger partial charge is 0.248 e. The van der Waals surface area contributed by atoms with Gasteiger partial charge in [-0.3, -0.25) is 9.59 Å². The highest BCUT2D eigenvalue weighted by Crippen LogP contribution is 2.34. The van der Waals surface area contributed by atoms with Gasteiger partial charge in [0.25, 0.3) is 0 Å². The summed E-state index contributed by atoms with van der Waals surface area (Å²) in [6.07, 6.45) is 5.58. The Morgan fingerprint density at radius 2 is 1.74 bits per heavy atom. The summed E-state index contributed by atoms with van der Waals surface area (Å²) in [6.45, 7) is 9.65. The fourth-order valence-corrected chi connectivity index (χ4v) is 5.82. The summed E-state index contributed by atoms with van der Waals surface area (Å²) in [5.41, 5.74) is 15.2. The Morgan fingerprint density at radius 3 is 2.26 bits per heavy atom. The minimum absolute atomic E-state index is 0.141. The predicted octanol–water partition coefficient (Wildman–Crippen LogP) is 2.29. The van der Waals surface area contributed by atoms with Crippen LogP contribution in [-0.4, -0.2) is 78.2 Å². The first-order valence-corrected chi connectivity index (χ1v) is 12.6. The van der Waals surface area contributed by atoms with E-state index in [4.69, 9.17) is 11.5 Å². The van der Waals surface area contributed by atoms with E-state index in [9.17, 15) is 9.59 Å². The van der Waals surface area contributed by atoms with E-state index in [-0.39, 0.29) is 17.9 Å². The van der Waals surface area contributed by atoms with Gasteiger partial charge in [-0.1, -0.05) is 25.6 Å². The fraction of sp³-hybridized carbons (Fsp3) is 0.519. The van der Waals surface area contributed by atoms with E-state index in [2.05, 4.69) is 35.3 Å². The lowest BCUT2D eigenvalue weighted by molar-refractivity contribution is -0.135. The summed E-state index contributed by atoms with van der Waals surface area (Å²) in [5.74, 6) is 0.691. The van der Waals surface area contributed by atoms with E-state index >= 15 is 0 Å². The number of aliphatic imine (C=N–C) groups is 1. The van der Waals surface area contributed by atoms with Gasteiger partial charge in [-0.05, 0) is 62.9 Å². The van der Waals surface area contributed by atoms with Crippen LogP contribution in [-0.2, 0) is 4.79 Å². The second-order valence-electron chi connectivity index (χ2n) is 9.98. The average Bonchev–Trinajstić information content (AvgIpc) is 3.42. The maximum Gasteiger partial charge on any atom is 0.248 e. The molecule has 3 aliphatic rings. The van der Waals surface area contributed by atoms with Crippen molar-refractivity contribution >= 4 is 17.6 Å². The Hall–Kier alpha value is -3.13. The second-order valence-corrected chi connectivity index (χ2v) is 9.98. The second kappa shape index (κ2) is 10.6. The Balaban J connectivity index is 1.52. The minimum atomic E-state index is -0.460. The van der Waals surface area contributed by atoms with Crippen LogP contribution in [0.15, 0.2) is 53.3 Å². The van der Waals surface area contributed by atoms with Crippen LogP contribution in [0.3, 0.4) is 0 Å². The first kappa shape index (κ1) is 25.0. The number of amidine groups is 1. The Morgan fingerprint density at radius 1 is 1.09 bits per heavy atom. The van der Waals surface area contributed by atoms with Crippen LogP contribution in [0.1, 0.15) is 54.4 Å². The third-order valence-corrected chi connectivity index (χ3v) is 7.81. The van der Waals surface area contributed by atoms with Gasteiger partial charge in [0.1, 0.15) is 5.84 Å². The molecular weight excluding hydrogens is 440 g/mol. The number of benzene rings is 1. The van der Waals surface area contributed by atoms with Crippen molar-refractivity contribution in [1.29, 1.82) is 0 Å². The van der Waals surface area contributed by atoms with Gasteiger partial charge in [0.05, 0.1) is 5.92 Å². The zero-order chi connectivity index (χ0) is 25.1. The summed E-state index contributed by atoms with van der Waals surface area (Å²) in [6, 6.07) is 7.36. The lowest BCUT2D eigenvalue weighted by Gasteiger charge is -2.40. The molecule has 3 atom stereocenters. The zero-order valence-corrected chi connectivity index (χ0v) is 20.9. The quantitative estimate of drug-likeness (QED) is 0.482. The molecule has 2 amide bonds. The number of likely N-dealkylation sites (N-methyl/N-ethyl adjacent to an activating group) is 1. The molecule has 0 unspecified atom stereocenters. The number of hydrogen-bond acceptors (Lipinski definition) is 5. The number of primary amides is 1. The Bertz CT molecular complexity index is 1020. The lowest BCUT2D eigenvalue weighted by atomic mass is 9.87. The standard InChI is InChI=1S/C27H38N6O2/c1-4-30-26(23-18(2)7-12-21(23)28)32-14-16-33(17-15-32)27(35)24(22-6-5-13-31(22)3)19-8-10-20(11-9-19)25(29)34/h4,8-11,18,22,24H,1,5-7,12-17,28H2,2-3H3,(H2,29,34)/t18-,22+,24+/m1/s1. The fourth-order valence-electron chi connectivity index (χ4n) is 5.82. The van der Waals surface area contributed by atoms with Gasteiger partial charge in [0, 0.05) is 55.3 Å². The SMILES string of the molecule is C=CN=C(C1=C(N)CC[C@H]1C)N1CCN(C(=O)[C@@H](c2ccc(C(N)=O)cc2)[C@@H]2CCCN2C)CC1. The number of rotatable bonds is 6. The van der Waals surface area contributed by atoms with E-state index in [0.29, 0.717) is 37.7 Å². The largest absolute Gasteiger partial charge is 0.402 e. The van der Waals surface area contributed by atoms with Crippen molar-refractivity contribution in [2.75, 3.05) is 39.8 Å². The van der Waals surface area contributed by atoms with E-state index in [1.807, 2.05) is 17.0 Å². The van der Waals surface area contributed by atoms with Gasteiger partial charge < -0.3 is 26.2 Å². The topological polar surface area (TPSA) is 108 Å². The van der Waals surface area contributed by atoms with Gasteiger partial charge in [0.2, 0.25) is 11.8 Å². The molecule has 0 aromatic heterocycles. The van der Waals surface area contributed by atoms with Gasteiger partial charge in [-0.25, -0.2) is 4.99 Å². The zero-order valence-electron chi connectivity index (χ0n) is 20.9. The molecule has 2 fully saturated rings. The maximum absolute atomic E-state index is 13.9. The van der Waals surface area contributed by atoms with Crippen LogP contribution in [0.2, 0.25) is 0 Å². The summed E-state index contributed by atoms with van der Waals surface area (Å²) < 4.78 is 0. The van der Waals surface area contributed by atoms with Crippen molar-refractivity contribution in [2.45, 2.75) is 44.6 Å². The number of allylic oxidation sites excluding steroid dienone is 1. The van der Waals surface area contributed by atoms with Crippen molar-refractivity contribution < 1.29 is 9.59 Å². The molecule has 2 heterocycles. The maximum atomic E-state index is 13.9. The molecule has 35 heavy (non-hydrogen) atoms. The van der Waals surface area contributed by atoms with Crippen molar-refractivity contribution in [3.63, 3.8) is 0 Å². The molecule has 0 radical (unpaired) electrons. The van der Waals surface area contributed by atoms with Gasteiger partial charge in [-0.2, -0.15) is 0 Å². The highest BCUT2D eigenvalue weighted by Gasteiger charge is 2.39. The molecule has 1 aromatic carbocycles. The van der Waals surface area contributed by atoms with Gasteiger partial charge in [0.15, 0.2) is 0 Å². The first-order valence-electron chi connectivity index (χ1n) is 12.6. The number of hydrogen-bond donors (Lipinski definition) is 2. The van der Waals surface area contributed by atoms with E-state index < -0.39 is 5.91 Å². The summed E-state index contributed by atoms with van der Waals surface area (Å²) >= 11 is 0. The van der Waals surface area contributed by atoms with E-state index in [1.54, 1.807) is 18.3 Å². The highest BCUT2D eigenvalue weighted by atomic mass is 16.2. The van der Waals surface area contributed by atoms with Crippen LogP contribution < -0.4 is 11.5 Å². The third kappa shape index (κ3) is 5.12. The van der Waals surface area contributed by atoms with Crippen LogP contribution >= 0.6 is 0 Å². The molecule has 0 bridgehead atoms. The number of carbonyl (C=O) groups is 2. The number of amides is 2. The number of nitrogens with zero attached hydrogens (tertiary/aromatic N) is 4. The lowest BCUT2D eigenvalue weighted by Crippen LogP contribution is -2.53. The molecule has 0 spiro atoms. The average molecular weight is 479 g/mol. The first-order chi connectivity index (χ1) is 16.8. The number of nitrogens with two attached hydrogens (primary N) is 2. The Kier molecular flexibility index (Phi) is 7.60. The highest BCUT2D eigenvalue weighted by molar-refractivity contribution is 6.00. The van der Waals surface area contributed by atoms with Crippen LogP contribution in [0.5, 0.6) is 0 Å². The molecule has 0 saturated carbocycles. The number of piperazine rings is 1. The molecule has 2 aliphatic heterocycles. The van der Waals surface area contributed by atoms with Crippen LogP contribution in [0.4, 0.5) is 0 Å². The molecule has 4 rings (SSSR count). The number of carbonyl (C=O) groups excluding carboxylic acids is 2. The summed E-state index contributed by atoms with van der Waals surface area (Å²) in [5, 5.41) is 0. The van der Waals surface area contributed by atoms with Crippen LogP contribution in [0, 0.1) is 5.92 Å².